The highest BCUT2D eigenvalue weighted by atomic mass is 35.5. The number of fused-ring (bicyclic) bond motifs is 2. The van der Waals surface area contributed by atoms with Crippen molar-refractivity contribution in [3.63, 3.8) is 0 Å². The maximum Gasteiger partial charge on any atom is 0.230 e. The molecule has 8 heteroatoms. The first-order valence-corrected chi connectivity index (χ1v) is 15.6. The minimum absolute atomic E-state index is 0.0761. The first-order valence-electron chi connectivity index (χ1n) is 15.2. The second-order valence-corrected chi connectivity index (χ2v) is 12.5. The fraction of sp³-hybridized carbons (Fsp3) is 0.545. The Hall–Kier alpha value is -2.90. The molecule has 2 bridgehead atoms. The zero-order valence-electron chi connectivity index (χ0n) is 24.4. The Morgan fingerprint density at radius 3 is 2.29 bits per heavy atom. The predicted molar refractivity (Wildman–Crippen MR) is 163 cm³/mol. The minimum Gasteiger partial charge on any atom is -0.353 e. The van der Waals surface area contributed by atoms with Gasteiger partial charge >= 0.3 is 0 Å². The third-order valence-corrected chi connectivity index (χ3v) is 9.68. The number of hydrogen-bond donors (Lipinski definition) is 1. The summed E-state index contributed by atoms with van der Waals surface area (Å²) in [7, 11) is 0. The molecule has 3 aliphatic heterocycles. The van der Waals surface area contributed by atoms with Gasteiger partial charge in [-0.2, -0.15) is 0 Å². The number of hydrogen-bond acceptors (Lipinski definition) is 4. The fourth-order valence-electron chi connectivity index (χ4n) is 7.01. The van der Waals surface area contributed by atoms with E-state index in [0.717, 1.165) is 42.6 Å². The summed E-state index contributed by atoms with van der Waals surface area (Å²) in [5.41, 5.74) is 2.89. The van der Waals surface area contributed by atoms with Gasteiger partial charge in [-0.25, -0.2) is 0 Å². The third kappa shape index (κ3) is 7.31. The van der Waals surface area contributed by atoms with E-state index in [-0.39, 0.29) is 29.7 Å². The molecule has 0 radical (unpaired) electrons. The van der Waals surface area contributed by atoms with E-state index in [2.05, 4.69) is 10.2 Å². The van der Waals surface area contributed by atoms with Crippen molar-refractivity contribution in [2.24, 2.45) is 5.92 Å². The molecule has 0 spiro atoms. The molecule has 2 aromatic carbocycles. The molecular weight excluding hydrogens is 536 g/mol. The molecule has 41 heavy (non-hydrogen) atoms. The molecule has 3 saturated heterocycles. The highest BCUT2D eigenvalue weighted by molar-refractivity contribution is 6.31. The average molecular weight is 579 g/mol. The number of nitrogens with zero attached hydrogens (tertiary/aromatic N) is 3. The van der Waals surface area contributed by atoms with Crippen LogP contribution >= 0.6 is 11.6 Å². The number of aryl methyl sites for hydroxylation is 1. The van der Waals surface area contributed by atoms with E-state index in [0.29, 0.717) is 56.0 Å². The molecule has 3 heterocycles. The second-order valence-electron chi connectivity index (χ2n) is 12.1. The van der Waals surface area contributed by atoms with Crippen LogP contribution in [0.25, 0.3) is 0 Å². The number of halogens is 1. The predicted octanol–water partition coefficient (Wildman–Crippen LogP) is 4.98. The molecule has 3 aliphatic rings. The lowest BCUT2D eigenvalue weighted by Crippen LogP contribution is -2.51. The van der Waals surface area contributed by atoms with E-state index in [1.165, 1.54) is 12.8 Å². The summed E-state index contributed by atoms with van der Waals surface area (Å²) in [5.74, 6) is 0.231. The van der Waals surface area contributed by atoms with Crippen LogP contribution in [0, 0.1) is 12.8 Å². The number of rotatable bonds is 9. The maximum absolute atomic E-state index is 13.8. The number of nitrogens with one attached hydrogen (secondary N) is 1. The molecule has 0 aliphatic carbocycles. The Morgan fingerprint density at radius 2 is 1.66 bits per heavy atom. The van der Waals surface area contributed by atoms with Crippen molar-refractivity contribution >= 4 is 35.0 Å². The number of benzene rings is 2. The monoisotopic (exact) mass is 578 g/mol. The topological polar surface area (TPSA) is 73.0 Å². The van der Waals surface area contributed by atoms with Crippen LogP contribution in [0.4, 0.5) is 5.69 Å². The Balaban J connectivity index is 1.17. The summed E-state index contributed by atoms with van der Waals surface area (Å²) in [4.78, 5) is 44.6. The van der Waals surface area contributed by atoms with Gasteiger partial charge in [0.1, 0.15) is 0 Å². The van der Waals surface area contributed by atoms with Crippen molar-refractivity contribution in [3.05, 3.63) is 64.7 Å². The number of carbonyl (C=O) groups is 3. The number of likely N-dealkylation sites (tertiary alicyclic amines) is 1. The van der Waals surface area contributed by atoms with Crippen LogP contribution < -0.4 is 10.2 Å². The minimum atomic E-state index is -0.0860. The number of anilines is 1. The van der Waals surface area contributed by atoms with Gasteiger partial charge in [-0.3, -0.25) is 19.3 Å². The van der Waals surface area contributed by atoms with Gasteiger partial charge in [0.25, 0.3) is 0 Å². The molecule has 7 nitrogen and oxygen atoms in total. The van der Waals surface area contributed by atoms with E-state index in [4.69, 9.17) is 11.6 Å². The summed E-state index contributed by atoms with van der Waals surface area (Å²) >= 11 is 6.48. The van der Waals surface area contributed by atoms with Crippen LogP contribution in [0.2, 0.25) is 5.02 Å². The van der Waals surface area contributed by atoms with Crippen molar-refractivity contribution in [2.75, 3.05) is 31.1 Å². The van der Waals surface area contributed by atoms with E-state index < -0.39 is 0 Å². The fourth-order valence-corrected chi connectivity index (χ4v) is 7.18. The second kappa shape index (κ2) is 13.4. The summed E-state index contributed by atoms with van der Waals surface area (Å²) in [6.45, 7) is 6.41. The first kappa shape index (κ1) is 29.6. The number of amides is 3. The van der Waals surface area contributed by atoms with Crippen molar-refractivity contribution in [3.8, 4) is 0 Å². The highest BCUT2D eigenvalue weighted by Gasteiger charge is 2.41. The van der Waals surface area contributed by atoms with Crippen LogP contribution in [0.3, 0.4) is 0 Å². The third-order valence-electron chi connectivity index (χ3n) is 9.28. The van der Waals surface area contributed by atoms with Crippen molar-refractivity contribution in [1.29, 1.82) is 0 Å². The quantitative estimate of drug-likeness (QED) is 0.455. The normalized spacial score (nSPS) is 22.9. The molecule has 5 rings (SSSR count). The molecule has 2 atom stereocenters. The molecule has 2 unspecified atom stereocenters. The van der Waals surface area contributed by atoms with Crippen LogP contribution in [0.5, 0.6) is 0 Å². The van der Waals surface area contributed by atoms with Gasteiger partial charge in [0.2, 0.25) is 17.7 Å². The lowest BCUT2D eigenvalue weighted by molar-refractivity contribution is -0.133. The number of carbonyl (C=O) groups excluding carboxylic acids is 3. The lowest BCUT2D eigenvalue weighted by Gasteiger charge is -2.40. The van der Waals surface area contributed by atoms with Gasteiger partial charge in [-0.05, 0) is 75.1 Å². The van der Waals surface area contributed by atoms with E-state index in [1.54, 1.807) is 6.92 Å². The van der Waals surface area contributed by atoms with Gasteiger partial charge in [0.15, 0.2) is 0 Å². The molecule has 3 fully saturated rings. The lowest BCUT2D eigenvalue weighted by atomic mass is 9.94. The smallest absolute Gasteiger partial charge is 0.230 e. The average Bonchev–Trinajstić information content (AvgIpc) is 3.20. The van der Waals surface area contributed by atoms with Crippen LogP contribution in [0.15, 0.2) is 48.5 Å². The van der Waals surface area contributed by atoms with Crippen molar-refractivity contribution in [1.82, 2.24) is 15.1 Å². The summed E-state index contributed by atoms with van der Waals surface area (Å²) < 4.78 is 0. The molecule has 220 valence electrons. The molecule has 2 aromatic rings. The molecule has 0 aromatic heterocycles. The largest absolute Gasteiger partial charge is 0.353 e. The van der Waals surface area contributed by atoms with Gasteiger partial charge < -0.3 is 15.1 Å². The zero-order valence-corrected chi connectivity index (χ0v) is 25.1. The van der Waals surface area contributed by atoms with Crippen LogP contribution in [0.1, 0.15) is 63.0 Å². The van der Waals surface area contributed by atoms with Gasteiger partial charge in [-0.1, -0.05) is 48.0 Å². The van der Waals surface area contributed by atoms with Gasteiger partial charge in [-0.15, -0.1) is 0 Å². The summed E-state index contributed by atoms with van der Waals surface area (Å²) in [5, 5.41) is 3.97. The summed E-state index contributed by atoms with van der Waals surface area (Å²) in [6, 6.07) is 17.0. The van der Waals surface area contributed by atoms with E-state index in [9.17, 15) is 14.4 Å². The molecule has 3 amide bonds. The Morgan fingerprint density at radius 1 is 0.976 bits per heavy atom. The molecular formula is C33H43ClN4O3. The van der Waals surface area contributed by atoms with E-state index in [1.807, 2.05) is 65.3 Å². The van der Waals surface area contributed by atoms with Gasteiger partial charge in [0, 0.05) is 67.9 Å². The Bertz CT molecular complexity index is 1220. The van der Waals surface area contributed by atoms with Crippen LogP contribution in [-0.2, 0) is 20.8 Å². The highest BCUT2D eigenvalue weighted by Crippen LogP contribution is 2.36. The Kier molecular flexibility index (Phi) is 9.66. The standard InChI is InChI=1S/C33H43ClN4O3/c1-23-9-10-30(22-31(23)34)38(33(41)26-13-17-36(18-14-26)24(2)39)16-6-15-37-28-11-12-29(37)21-27(20-28)35-32(40)19-25-7-4-3-5-8-25/h3-5,7-10,22,26-29H,6,11-21H2,1-2H3,(H,35,40). The SMILES string of the molecule is CC(=O)N1CCC(C(=O)N(CCCN2C3CCC2CC(NC(=O)Cc2ccccc2)C3)c2ccc(C)c(Cl)c2)CC1. The number of piperidine rings is 2. The maximum atomic E-state index is 13.8. The Labute approximate surface area is 249 Å². The van der Waals surface area contributed by atoms with E-state index >= 15 is 0 Å². The van der Waals surface area contributed by atoms with Crippen molar-refractivity contribution < 1.29 is 14.4 Å². The van der Waals surface area contributed by atoms with Gasteiger partial charge in [0.05, 0.1) is 6.42 Å². The first-order chi connectivity index (χ1) is 19.8. The van der Waals surface area contributed by atoms with Crippen LogP contribution in [-0.4, -0.2) is 71.8 Å². The zero-order chi connectivity index (χ0) is 28.9. The molecule has 0 saturated carbocycles. The summed E-state index contributed by atoms with van der Waals surface area (Å²) in [6.07, 6.45) is 7.01. The van der Waals surface area contributed by atoms with Crippen molar-refractivity contribution in [2.45, 2.75) is 83.3 Å². The molecule has 1 N–H and O–H groups in total.